The van der Waals surface area contributed by atoms with Gasteiger partial charge in [0.05, 0.1) is 20.8 Å². The molecule has 3 rings (SSSR count). The second kappa shape index (κ2) is 4.90. The third-order valence-corrected chi connectivity index (χ3v) is 3.98. The molecule has 1 nitrogen and oxygen atoms in total. The zero-order valence-electron chi connectivity index (χ0n) is 10.3. The van der Waals surface area contributed by atoms with Crippen molar-refractivity contribution in [2.45, 2.75) is 12.6 Å². The molecule has 0 aliphatic carbocycles. The van der Waals surface area contributed by atoms with Crippen LogP contribution in [-0.4, -0.2) is 4.98 Å². The normalized spacial score (nSPS) is 11.9. The van der Waals surface area contributed by atoms with E-state index in [0.29, 0.717) is 16.6 Å². The molecule has 0 amide bonds. The van der Waals surface area contributed by atoms with Gasteiger partial charge in [0.1, 0.15) is 0 Å². The van der Waals surface area contributed by atoms with Crippen molar-refractivity contribution in [3.05, 3.63) is 64.7 Å². The Morgan fingerprint density at radius 3 is 2.45 bits per heavy atom. The summed E-state index contributed by atoms with van der Waals surface area (Å²) in [5, 5.41) is 0.825. The Labute approximate surface area is 117 Å². The van der Waals surface area contributed by atoms with Crippen molar-refractivity contribution in [3.8, 4) is 0 Å². The summed E-state index contributed by atoms with van der Waals surface area (Å²) in [5.41, 5.74) is 1.09. The number of benzene rings is 2. The summed E-state index contributed by atoms with van der Waals surface area (Å²) in [6.07, 6.45) is -3.67. The van der Waals surface area contributed by atoms with Crippen LogP contribution in [0.5, 0.6) is 0 Å². The molecule has 5 heteroatoms. The monoisotopic (exact) mass is 293 g/mol. The van der Waals surface area contributed by atoms with Gasteiger partial charge in [-0.1, -0.05) is 30.3 Å². The van der Waals surface area contributed by atoms with E-state index in [9.17, 15) is 13.2 Å². The Bertz CT molecular complexity index is 732. The van der Waals surface area contributed by atoms with Gasteiger partial charge in [-0.25, -0.2) is 4.98 Å². The maximum absolute atomic E-state index is 12.7. The first kappa shape index (κ1) is 13.1. The van der Waals surface area contributed by atoms with Gasteiger partial charge in [-0.05, 0) is 23.8 Å². The number of fused-ring (bicyclic) bond motifs is 1. The summed E-state index contributed by atoms with van der Waals surface area (Å²) < 4.78 is 38.5. The highest BCUT2D eigenvalue weighted by atomic mass is 32.1. The highest BCUT2D eigenvalue weighted by Crippen LogP contribution is 2.33. The van der Waals surface area contributed by atoms with Gasteiger partial charge in [0.2, 0.25) is 0 Å². The van der Waals surface area contributed by atoms with Crippen molar-refractivity contribution in [3.63, 3.8) is 0 Å². The van der Waals surface area contributed by atoms with Crippen molar-refractivity contribution in [1.29, 1.82) is 0 Å². The van der Waals surface area contributed by atoms with E-state index >= 15 is 0 Å². The average molecular weight is 293 g/mol. The molecule has 20 heavy (non-hydrogen) atoms. The van der Waals surface area contributed by atoms with E-state index < -0.39 is 11.7 Å². The molecule has 2 aromatic carbocycles. The second-order valence-corrected chi connectivity index (χ2v) is 5.57. The third kappa shape index (κ3) is 2.67. The van der Waals surface area contributed by atoms with E-state index in [1.807, 2.05) is 30.3 Å². The minimum absolute atomic E-state index is 0.575. The molecule has 0 fully saturated rings. The number of hydrogen-bond acceptors (Lipinski definition) is 2. The van der Waals surface area contributed by atoms with Gasteiger partial charge >= 0.3 is 6.18 Å². The molecule has 3 aromatic rings. The molecule has 0 atom stereocenters. The van der Waals surface area contributed by atoms with Crippen LogP contribution in [0, 0.1) is 0 Å². The number of alkyl halides is 3. The van der Waals surface area contributed by atoms with Crippen LogP contribution in [0.4, 0.5) is 13.2 Å². The van der Waals surface area contributed by atoms with E-state index in [0.717, 1.165) is 16.6 Å². The summed E-state index contributed by atoms with van der Waals surface area (Å²) >= 11 is 1.31. The van der Waals surface area contributed by atoms with E-state index in [1.54, 1.807) is 0 Å². The largest absolute Gasteiger partial charge is 0.416 e. The molecule has 0 unspecified atom stereocenters. The van der Waals surface area contributed by atoms with Gasteiger partial charge in [-0.2, -0.15) is 13.2 Å². The zero-order valence-corrected chi connectivity index (χ0v) is 11.1. The molecule has 0 N–H and O–H groups in total. The third-order valence-electron chi connectivity index (χ3n) is 2.96. The highest BCUT2D eigenvalue weighted by molar-refractivity contribution is 7.18. The number of hydrogen-bond donors (Lipinski definition) is 0. The first-order valence-corrected chi connectivity index (χ1v) is 6.84. The fourth-order valence-corrected chi connectivity index (χ4v) is 3.04. The maximum atomic E-state index is 12.7. The molecular weight excluding hydrogens is 283 g/mol. The fraction of sp³-hybridized carbons (Fsp3) is 0.133. The fourth-order valence-electron chi connectivity index (χ4n) is 1.99. The molecule has 0 saturated heterocycles. The van der Waals surface area contributed by atoms with Crippen molar-refractivity contribution in [2.75, 3.05) is 0 Å². The Morgan fingerprint density at radius 1 is 1.00 bits per heavy atom. The van der Waals surface area contributed by atoms with Gasteiger partial charge in [-0.3, -0.25) is 0 Å². The Kier molecular flexibility index (Phi) is 3.22. The van der Waals surface area contributed by atoms with Crippen LogP contribution in [0.2, 0.25) is 0 Å². The number of rotatable bonds is 2. The Morgan fingerprint density at radius 2 is 1.75 bits per heavy atom. The SMILES string of the molecule is FC(F)(F)c1ccc2nc(Cc3ccccc3)sc2c1. The lowest BCUT2D eigenvalue weighted by Crippen LogP contribution is -2.03. The molecule has 0 saturated carbocycles. The summed E-state index contributed by atoms with van der Waals surface area (Å²) in [6, 6.07) is 13.4. The minimum atomic E-state index is -4.31. The summed E-state index contributed by atoms with van der Waals surface area (Å²) in [6.45, 7) is 0. The average Bonchev–Trinajstić information content (AvgIpc) is 2.80. The molecule has 1 heterocycles. The lowest BCUT2D eigenvalue weighted by Gasteiger charge is -2.04. The molecule has 0 radical (unpaired) electrons. The van der Waals surface area contributed by atoms with E-state index in [2.05, 4.69) is 4.98 Å². The van der Waals surface area contributed by atoms with Gasteiger partial charge in [-0.15, -0.1) is 11.3 Å². The second-order valence-electron chi connectivity index (χ2n) is 4.45. The standard InChI is InChI=1S/C15H10F3NS/c16-15(17,18)11-6-7-12-13(9-11)20-14(19-12)8-10-4-2-1-3-5-10/h1-7,9H,8H2. The molecule has 0 aliphatic heterocycles. The van der Waals surface area contributed by atoms with Gasteiger partial charge in [0, 0.05) is 6.42 Å². The van der Waals surface area contributed by atoms with Crippen LogP contribution < -0.4 is 0 Å². The molecule has 0 bridgehead atoms. The zero-order chi connectivity index (χ0) is 14.2. The first-order chi connectivity index (χ1) is 9.52. The van der Waals surface area contributed by atoms with Gasteiger partial charge < -0.3 is 0 Å². The summed E-state index contributed by atoms with van der Waals surface area (Å²) in [4.78, 5) is 4.38. The molecule has 102 valence electrons. The topological polar surface area (TPSA) is 12.9 Å². The van der Waals surface area contributed by atoms with Crippen LogP contribution in [0.3, 0.4) is 0 Å². The van der Waals surface area contributed by atoms with E-state index in [1.165, 1.54) is 23.5 Å². The Balaban J connectivity index is 1.95. The van der Waals surface area contributed by atoms with Crippen molar-refractivity contribution in [1.82, 2.24) is 4.98 Å². The predicted octanol–water partition coefficient (Wildman–Crippen LogP) is 4.91. The molecule has 0 aliphatic rings. The van der Waals surface area contributed by atoms with Crippen molar-refractivity contribution >= 4 is 21.6 Å². The van der Waals surface area contributed by atoms with Crippen LogP contribution in [0.15, 0.2) is 48.5 Å². The molecular formula is C15H10F3NS. The first-order valence-electron chi connectivity index (χ1n) is 6.03. The summed E-state index contributed by atoms with van der Waals surface area (Å²) in [7, 11) is 0. The number of nitrogens with zero attached hydrogens (tertiary/aromatic N) is 1. The lowest BCUT2D eigenvalue weighted by atomic mass is 10.2. The maximum Gasteiger partial charge on any atom is 0.416 e. The van der Waals surface area contributed by atoms with Crippen molar-refractivity contribution < 1.29 is 13.2 Å². The van der Waals surface area contributed by atoms with Crippen LogP contribution >= 0.6 is 11.3 Å². The molecule has 0 spiro atoms. The van der Waals surface area contributed by atoms with Gasteiger partial charge in [0.15, 0.2) is 0 Å². The Hall–Kier alpha value is -1.88. The molecule has 1 aromatic heterocycles. The number of thiazole rings is 1. The van der Waals surface area contributed by atoms with Crippen LogP contribution in [0.1, 0.15) is 16.1 Å². The van der Waals surface area contributed by atoms with Crippen LogP contribution in [0.25, 0.3) is 10.2 Å². The highest BCUT2D eigenvalue weighted by Gasteiger charge is 2.30. The van der Waals surface area contributed by atoms with Gasteiger partial charge in [0.25, 0.3) is 0 Å². The van der Waals surface area contributed by atoms with Crippen LogP contribution in [-0.2, 0) is 12.6 Å². The number of halogens is 3. The van der Waals surface area contributed by atoms with E-state index in [4.69, 9.17) is 0 Å². The summed E-state index contributed by atoms with van der Waals surface area (Å²) in [5.74, 6) is 0. The number of aromatic nitrogens is 1. The van der Waals surface area contributed by atoms with Crippen molar-refractivity contribution in [2.24, 2.45) is 0 Å². The lowest BCUT2D eigenvalue weighted by molar-refractivity contribution is -0.137. The minimum Gasteiger partial charge on any atom is -0.241 e. The quantitative estimate of drug-likeness (QED) is 0.654. The van der Waals surface area contributed by atoms with E-state index in [-0.39, 0.29) is 0 Å². The smallest absolute Gasteiger partial charge is 0.241 e. The predicted molar refractivity (Wildman–Crippen MR) is 73.9 cm³/mol.